The van der Waals surface area contributed by atoms with Gasteiger partial charge in [-0.15, -0.1) is 0 Å². The number of rotatable bonds is 6. The van der Waals surface area contributed by atoms with Gasteiger partial charge in [0, 0.05) is 12.4 Å². The first-order chi connectivity index (χ1) is 9.25. The second-order valence-electron chi connectivity index (χ2n) is 4.70. The molecular weight excluding hydrogens is 258 g/mol. The van der Waals surface area contributed by atoms with Crippen molar-refractivity contribution >= 4 is 11.6 Å². The molecule has 0 aliphatic heterocycles. The lowest BCUT2D eigenvalue weighted by Crippen LogP contribution is -2.11. The molecule has 0 saturated carbocycles. The van der Waals surface area contributed by atoms with E-state index in [2.05, 4.69) is 17.1 Å². The summed E-state index contributed by atoms with van der Waals surface area (Å²) in [4.78, 5) is 3.94. The summed E-state index contributed by atoms with van der Waals surface area (Å²) in [6.45, 7) is 0. The van der Waals surface area contributed by atoms with Gasteiger partial charge >= 0.3 is 0 Å². The highest BCUT2D eigenvalue weighted by Gasteiger charge is 2.08. The van der Waals surface area contributed by atoms with Gasteiger partial charge < -0.3 is 5.11 Å². The molecule has 2 rings (SSSR count). The first kappa shape index (κ1) is 14.0. The summed E-state index contributed by atoms with van der Waals surface area (Å²) in [5, 5.41) is 10.7. The number of benzene rings is 1. The summed E-state index contributed by atoms with van der Waals surface area (Å²) in [6, 6.07) is 12.2. The number of aromatic nitrogens is 1. The molecule has 0 aliphatic rings. The molecule has 1 aromatic carbocycles. The minimum Gasteiger partial charge on any atom is -0.393 e. The molecule has 3 heteroatoms. The van der Waals surface area contributed by atoms with Crippen molar-refractivity contribution in [2.24, 2.45) is 0 Å². The Morgan fingerprint density at radius 2 is 1.95 bits per heavy atom. The number of hydrogen-bond donors (Lipinski definition) is 1. The smallest absolute Gasteiger partial charge is 0.0622 e. The molecule has 100 valence electrons. The predicted octanol–water partition coefficient (Wildman–Crippen LogP) is 3.66. The van der Waals surface area contributed by atoms with E-state index in [9.17, 15) is 5.11 Å². The van der Waals surface area contributed by atoms with E-state index in [1.54, 1.807) is 12.4 Å². The Morgan fingerprint density at radius 3 is 2.68 bits per heavy atom. The highest BCUT2D eigenvalue weighted by atomic mass is 35.5. The molecule has 1 unspecified atom stereocenters. The SMILES string of the molecule is OC(CCCc1ccccc1)Cc1ccncc1Cl. The summed E-state index contributed by atoms with van der Waals surface area (Å²) < 4.78 is 0. The molecule has 1 heterocycles. The zero-order chi connectivity index (χ0) is 13.5. The standard InChI is InChI=1S/C16H18ClNO/c17-16-12-18-10-9-14(16)11-15(19)8-4-7-13-5-2-1-3-6-13/h1-3,5-6,9-10,12,15,19H,4,7-8,11H2. The molecule has 0 bridgehead atoms. The van der Waals surface area contributed by atoms with Crippen molar-refractivity contribution < 1.29 is 5.11 Å². The van der Waals surface area contributed by atoms with Gasteiger partial charge in [0.15, 0.2) is 0 Å². The van der Waals surface area contributed by atoms with Crippen LogP contribution in [0.3, 0.4) is 0 Å². The third kappa shape index (κ3) is 4.66. The van der Waals surface area contributed by atoms with Gasteiger partial charge in [-0.2, -0.15) is 0 Å². The molecule has 0 radical (unpaired) electrons. The van der Waals surface area contributed by atoms with Gasteiger partial charge in [0.1, 0.15) is 0 Å². The van der Waals surface area contributed by atoms with E-state index in [0.717, 1.165) is 24.8 Å². The second kappa shape index (κ2) is 7.27. The highest BCUT2D eigenvalue weighted by Crippen LogP contribution is 2.17. The van der Waals surface area contributed by atoms with Crippen LogP contribution in [0.4, 0.5) is 0 Å². The third-order valence-electron chi connectivity index (χ3n) is 3.16. The number of pyridine rings is 1. The first-order valence-corrected chi connectivity index (χ1v) is 6.94. The molecule has 2 nitrogen and oxygen atoms in total. The highest BCUT2D eigenvalue weighted by molar-refractivity contribution is 6.31. The quantitative estimate of drug-likeness (QED) is 0.873. The molecule has 0 spiro atoms. The Morgan fingerprint density at radius 1 is 1.16 bits per heavy atom. The van der Waals surface area contributed by atoms with Gasteiger partial charge in [-0.25, -0.2) is 0 Å². The molecule has 1 N–H and O–H groups in total. The molecule has 1 atom stereocenters. The van der Waals surface area contributed by atoms with Crippen LogP contribution in [-0.2, 0) is 12.8 Å². The summed E-state index contributed by atoms with van der Waals surface area (Å²) in [6.07, 6.45) is 6.34. The van der Waals surface area contributed by atoms with Crippen LogP contribution in [0.25, 0.3) is 0 Å². The van der Waals surface area contributed by atoms with E-state index in [1.807, 2.05) is 24.3 Å². The van der Waals surface area contributed by atoms with E-state index >= 15 is 0 Å². The maximum atomic E-state index is 10.0. The Balaban J connectivity index is 1.76. The van der Waals surface area contributed by atoms with Crippen LogP contribution < -0.4 is 0 Å². The number of hydrogen-bond acceptors (Lipinski definition) is 2. The zero-order valence-corrected chi connectivity index (χ0v) is 11.6. The summed E-state index contributed by atoms with van der Waals surface area (Å²) >= 11 is 6.02. The number of halogens is 1. The van der Waals surface area contributed by atoms with Crippen LogP contribution in [0.1, 0.15) is 24.0 Å². The molecule has 19 heavy (non-hydrogen) atoms. The van der Waals surface area contributed by atoms with Gasteiger partial charge in [-0.05, 0) is 42.9 Å². The summed E-state index contributed by atoms with van der Waals surface area (Å²) in [5.74, 6) is 0. The molecule has 1 aromatic heterocycles. The topological polar surface area (TPSA) is 33.1 Å². The maximum absolute atomic E-state index is 10.0. The molecule has 2 aromatic rings. The second-order valence-corrected chi connectivity index (χ2v) is 5.11. The average molecular weight is 276 g/mol. The molecular formula is C16H18ClNO. The van der Waals surface area contributed by atoms with Crippen LogP contribution in [0.5, 0.6) is 0 Å². The van der Waals surface area contributed by atoms with Crippen molar-refractivity contribution in [1.29, 1.82) is 0 Å². The number of aliphatic hydroxyl groups excluding tert-OH is 1. The molecule has 0 saturated heterocycles. The normalized spacial score (nSPS) is 12.3. The van der Waals surface area contributed by atoms with Crippen molar-refractivity contribution in [3.8, 4) is 0 Å². The van der Waals surface area contributed by atoms with Gasteiger partial charge in [-0.3, -0.25) is 4.98 Å². The van der Waals surface area contributed by atoms with Crippen molar-refractivity contribution in [2.75, 3.05) is 0 Å². The number of aliphatic hydroxyl groups is 1. The van der Waals surface area contributed by atoms with E-state index < -0.39 is 0 Å². The van der Waals surface area contributed by atoms with Crippen molar-refractivity contribution in [1.82, 2.24) is 4.98 Å². The van der Waals surface area contributed by atoms with Gasteiger partial charge in [-0.1, -0.05) is 41.9 Å². The van der Waals surface area contributed by atoms with E-state index in [-0.39, 0.29) is 6.10 Å². The van der Waals surface area contributed by atoms with Gasteiger partial charge in [0.05, 0.1) is 11.1 Å². The third-order valence-corrected chi connectivity index (χ3v) is 3.50. The fourth-order valence-corrected chi connectivity index (χ4v) is 2.31. The lowest BCUT2D eigenvalue weighted by molar-refractivity contribution is 0.162. The summed E-state index contributed by atoms with van der Waals surface area (Å²) in [7, 11) is 0. The Hall–Kier alpha value is -1.38. The summed E-state index contributed by atoms with van der Waals surface area (Å²) in [5.41, 5.74) is 2.28. The van der Waals surface area contributed by atoms with Crippen LogP contribution in [0.2, 0.25) is 5.02 Å². The van der Waals surface area contributed by atoms with Crippen LogP contribution in [0, 0.1) is 0 Å². The lowest BCUT2D eigenvalue weighted by Gasteiger charge is -2.11. The van der Waals surface area contributed by atoms with Gasteiger partial charge in [0.25, 0.3) is 0 Å². The molecule has 0 fully saturated rings. The molecule has 0 aliphatic carbocycles. The molecule has 0 amide bonds. The van der Waals surface area contributed by atoms with Gasteiger partial charge in [0.2, 0.25) is 0 Å². The van der Waals surface area contributed by atoms with Crippen LogP contribution in [0.15, 0.2) is 48.8 Å². The fraction of sp³-hybridized carbons (Fsp3) is 0.312. The monoisotopic (exact) mass is 275 g/mol. The van der Waals surface area contributed by atoms with Crippen LogP contribution >= 0.6 is 11.6 Å². The minimum absolute atomic E-state index is 0.344. The van der Waals surface area contributed by atoms with Crippen molar-refractivity contribution in [3.63, 3.8) is 0 Å². The largest absolute Gasteiger partial charge is 0.393 e. The van der Waals surface area contributed by atoms with E-state index in [0.29, 0.717) is 11.4 Å². The van der Waals surface area contributed by atoms with E-state index in [4.69, 9.17) is 11.6 Å². The number of aryl methyl sites for hydroxylation is 1. The first-order valence-electron chi connectivity index (χ1n) is 6.56. The number of nitrogens with zero attached hydrogens (tertiary/aromatic N) is 1. The minimum atomic E-state index is -0.344. The lowest BCUT2D eigenvalue weighted by atomic mass is 10.0. The zero-order valence-electron chi connectivity index (χ0n) is 10.8. The Kier molecular flexibility index (Phi) is 5.37. The Bertz CT molecular complexity index is 501. The van der Waals surface area contributed by atoms with E-state index in [1.165, 1.54) is 5.56 Å². The average Bonchev–Trinajstić information content (AvgIpc) is 2.43. The van der Waals surface area contributed by atoms with Crippen molar-refractivity contribution in [3.05, 3.63) is 64.9 Å². The fourth-order valence-electron chi connectivity index (χ4n) is 2.11. The Labute approximate surface area is 119 Å². The maximum Gasteiger partial charge on any atom is 0.0622 e. The predicted molar refractivity (Wildman–Crippen MR) is 78.3 cm³/mol. The van der Waals surface area contributed by atoms with Crippen LogP contribution in [-0.4, -0.2) is 16.2 Å². The van der Waals surface area contributed by atoms with Crippen molar-refractivity contribution in [2.45, 2.75) is 31.8 Å².